The van der Waals surface area contributed by atoms with E-state index in [2.05, 4.69) is 49.3 Å². The van der Waals surface area contributed by atoms with Crippen molar-refractivity contribution in [3.8, 4) is 11.1 Å². The highest BCUT2D eigenvalue weighted by atomic mass is 19.1. The lowest BCUT2D eigenvalue weighted by atomic mass is 9.97. The summed E-state index contributed by atoms with van der Waals surface area (Å²) in [6, 6.07) is 18.0. The molecule has 0 radical (unpaired) electrons. The molecule has 0 saturated carbocycles. The SMILES string of the molecule is CN(C)C1c2ccccc2-c2c1ccc1cc(F)ccc21. The lowest BCUT2D eigenvalue weighted by molar-refractivity contribution is 0.348. The number of benzene rings is 3. The predicted octanol–water partition coefficient (Wildman–Crippen LogP) is 4.61. The third-order valence-electron chi connectivity index (χ3n) is 4.35. The van der Waals surface area contributed by atoms with Gasteiger partial charge >= 0.3 is 0 Å². The second-order valence-electron chi connectivity index (χ2n) is 5.85. The molecule has 0 aromatic heterocycles. The van der Waals surface area contributed by atoms with Crippen molar-refractivity contribution in [3.05, 3.63) is 71.5 Å². The van der Waals surface area contributed by atoms with E-state index in [0.29, 0.717) is 0 Å². The van der Waals surface area contributed by atoms with Gasteiger partial charge in [-0.3, -0.25) is 4.90 Å². The number of nitrogens with zero attached hydrogens (tertiary/aromatic N) is 1. The van der Waals surface area contributed by atoms with Crippen molar-refractivity contribution in [2.24, 2.45) is 0 Å². The quantitative estimate of drug-likeness (QED) is 0.628. The van der Waals surface area contributed by atoms with E-state index in [9.17, 15) is 4.39 Å². The second kappa shape index (κ2) is 4.40. The first-order chi connectivity index (χ1) is 10.2. The van der Waals surface area contributed by atoms with Crippen LogP contribution in [0.25, 0.3) is 21.9 Å². The van der Waals surface area contributed by atoms with Gasteiger partial charge < -0.3 is 0 Å². The van der Waals surface area contributed by atoms with E-state index in [1.165, 1.54) is 22.3 Å². The van der Waals surface area contributed by atoms with Gasteiger partial charge in [-0.1, -0.05) is 42.5 Å². The first-order valence-electron chi connectivity index (χ1n) is 7.15. The van der Waals surface area contributed by atoms with Crippen molar-refractivity contribution >= 4 is 10.8 Å². The molecule has 0 bridgehead atoms. The van der Waals surface area contributed by atoms with Crippen LogP contribution in [0.3, 0.4) is 0 Å². The number of hydrogen-bond donors (Lipinski definition) is 0. The van der Waals surface area contributed by atoms with Crippen molar-refractivity contribution in [3.63, 3.8) is 0 Å². The molecule has 21 heavy (non-hydrogen) atoms. The molecule has 3 aromatic rings. The molecule has 0 spiro atoms. The minimum absolute atomic E-state index is 0.183. The Balaban J connectivity index is 2.12. The Morgan fingerprint density at radius 2 is 1.71 bits per heavy atom. The minimum Gasteiger partial charge on any atom is -0.299 e. The van der Waals surface area contributed by atoms with Crippen molar-refractivity contribution in [2.75, 3.05) is 14.1 Å². The number of fused-ring (bicyclic) bond motifs is 5. The normalized spacial score (nSPS) is 16.3. The van der Waals surface area contributed by atoms with Crippen LogP contribution >= 0.6 is 0 Å². The first kappa shape index (κ1) is 12.5. The van der Waals surface area contributed by atoms with E-state index in [0.717, 1.165) is 10.8 Å². The largest absolute Gasteiger partial charge is 0.299 e. The van der Waals surface area contributed by atoms with E-state index >= 15 is 0 Å². The lowest BCUT2D eigenvalue weighted by Crippen LogP contribution is -2.18. The van der Waals surface area contributed by atoms with Crippen LogP contribution in [0.4, 0.5) is 4.39 Å². The maximum Gasteiger partial charge on any atom is 0.123 e. The Morgan fingerprint density at radius 3 is 2.52 bits per heavy atom. The predicted molar refractivity (Wildman–Crippen MR) is 84.9 cm³/mol. The number of halogens is 1. The van der Waals surface area contributed by atoms with Crippen molar-refractivity contribution < 1.29 is 4.39 Å². The van der Waals surface area contributed by atoms with E-state index in [4.69, 9.17) is 0 Å². The smallest absolute Gasteiger partial charge is 0.123 e. The topological polar surface area (TPSA) is 3.24 Å². The van der Waals surface area contributed by atoms with Gasteiger partial charge in [0, 0.05) is 0 Å². The van der Waals surface area contributed by atoms with Crippen LogP contribution < -0.4 is 0 Å². The third kappa shape index (κ3) is 1.72. The van der Waals surface area contributed by atoms with Gasteiger partial charge in [-0.25, -0.2) is 4.39 Å². The molecule has 0 fully saturated rings. The van der Waals surface area contributed by atoms with Crippen LogP contribution in [0.2, 0.25) is 0 Å². The molecule has 1 aliphatic rings. The van der Waals surface area contributed by atoms with E-state index < -0.39 is 0 Å². The molecule has 104 valence electrons. The first-order valence-corrected chi connectivity index (χ1v) is 7.15. The van der Waals surface area contributed by atoms with E-state index in [-0.39, 0.29) is 11.9 Å². The zero-order chi connectivity index (χ0) is 14.6. The van der Waals surface area contributed by atoms with Crippen LogP contribution in [0.5, 0.6) is 0 Å². The summed E-state index contributed by atoms with van der Waals surface area (Å²) in [5.74, 6) is -0.183. The standard InChI is InChI=1S/C19H16FN/c1-21(2)19-16-6-4-3-5-15(16)18-14-10-8-13(20)11-12(14)7-9-17(18)19/h3-11,19H,1-2H3. The van der Waals surface area contributed by atoms with Crippen molar-refractivity contribution in [1.29, 1.82) is 0 Å². The Hall–Kier alpha value is -2.19. The Bertz CT molecular complexity index is 851. The zero-order valence-electron chi connectivity index (χ0n) is 12.1. The number of rotatable bonds is 1. The van der Waals surface area contributed by atoms with Crippen LogP contribution in [-0.4, -0.2) is 19.0 Å². The fourth-order valence-corrected chi connectivity index (χ4v) is 3.53. The van der Waals surface area contributed by atoms with E-state index in [1.54, 1.807) is 12.1 Å². The average Bonchev–Trinajstić information content (AvgIpc) is 2.81. The molecule has 1 aliphatic carbocycles. The summed E-state index contributed by atoms with van der Waals surface area (Å²) < 4.78 is 13.5. The summed E-state index contributed by atoms with van der Waals surface area (Å²) in [7, 11) is 4.21. The molecule has 0 heterocycles. The summed E-state index contributed by atoms with van der Waals surface area (Å²) >= 11 is 0. The average molecular weight is 277 g/mol. The van der Waals surface area contributed by atoms with Gasteiger partial charge in [0.25, 0.3) is 0 Å². The van der Waals surface area contributed by atoms with Crippen molar-refractivity contribution in [2.45, 2.75) is 6.04 Å². The molecule has 1 nitrogen and oxygen atoms in total. The maximum absolute atomic E-state index is 13.5. The summed E-state index contributed by atoms with van der Waals surface area (Å²) in [6.45, 7) is 0. The Morgan fingerprint density at radius 1 is 0.905 bits per heavy atom. The molecule has 3 aromatic carbocycles. The van der Waals surface area contributed by atoms with Crippen LogP contribution in [0, 0.1) is 5.82 Å². The van der Waals surface area contributed by atoms with Crippen molar-refractivity contribution in [1.82, 2.24) is 4.90 Å². The molecule has 2 heteroatoms. The highest BCUT2D eigenvalue weighted by Crippen LogP contribution is 2.48. The summed E-state index contributed by atoms with van der Waals surface area (Å²) in [4.78, 5) is 2.24. The monoisotopic (exact) mass is 277 g/mol. The molecule has 1 atom stereocenters. The number of hydrogen-bond acceptors (Lipinski definition) is 1. The van der Waals surface area contributed by atoms with Gasteiger partial charge in [-0.15, -0.1) is 0 Å². The highest BCUT2D eigenvalue weighted by molar-refractivity contribution is 6.01. The molecule has 0 saturated heterocycles. The Kier molecular flexibility index (Phi) is 2.63. The van der Waals surface area contributed by atoms with Gasteiger partial charge in [0.2, 0.25) is 0 Å². The van der Waals surface area contributed by atoms with Gasteiger partial charge in [0.1, 0.15) is 5.82 Å². The van der Waals surface area contributed by atoms with Gasteiger partial charge in [-0.2, -0.15) is 0 Å². The second-order valence-corrected chi connectivity index (χ2v) is 5.85. The fraction of sp³-hybridized carbons (Fsp3) is 0.158. The summed E-state index contributed by atoms with van der Waals surface area (Å²) in [5, 5.41) is 2.09. The zero-order valence-corrected chi connectivity index (χ0v) is 12.1. The molecule has 0 amide bonds. The molecule has 0 N–H and O–H groups in total. The maximum atomic E-state index is 13.5. The highest BCUT2D eigenvalue weighted by Gasteiger charge is 2.30. The molecule has 1 unspecified atom stereocenters. The minimum atomic E-state index is -0.183. The molecular weight excluding hydrogens is 261 g/mol. The third-order valence-corrected chi connectivity index (χ3v) is 4.35. The molecule has 4 rings (SSSR count). The summed E-state index contributed by atoms with van der Waals surface area (Å²) in [6.07, 6.45) is 0. The van der Waals surface area contributed by atoms with Gasteiger partial charge in [0.15, 0.2) is 0 Å². The van der Waals surface area contributed by atoms with Crippen LogP contribution in [0.15, 0.2) is 54.6 Å². The molecule has 0 aliphatic heterocycles. The molecular formula is C19H16FN. The van der Waals surface area contributed by atoms with Crippen LogP contribution in [0.1, 0.15) is 17.2 Å². The van der Waals surface area contributed by atoms with Gasteiger partial charge in [0.05, 0.1) is 6.04 Å². The van der Waals surface area contributed by atoms with Crippen LogP contribution in [-0.2, 0) is 0 Å². The summed E-state index contributed by atoms with van der Waals surface area (Å²) in [5.41, 5.74) is 5.15. The van der Waals surface area contributed by atoms with Gasteiger partial charge in [-0.05, 0) is 59.3 Å². The van der Waals surface area contributed by atoms with E-state index in [1.807, 2.05) is 12.1 Å². The Labute approximate surface area is 123 Å². The fourth-order valence-electron chi connectivity index (χ4n) is 3.53. The lowest BCUT2D eigenvalue weighted by Gasteiger charge is -2.21.